The van der Waals surface area contributed by atoms with Gasteiger partial charge in [0.2, 0.25) is 0 Å². The van der Waals surface area contributed by atoms with Crippen LogP contribution in [0.2, 0.25) is 0 Å². The number of aromatic nitrogens is 3. The Morgan fingerprint density at radius 1 is 1.23 bits per heavy atom. The number of imidazole rings is 1. The van der Waals surface area contributed by atoms with E-state index in [4.69, 9.17) is 21.2 Å². The quantitative estimate of drug-likeness (QED) is 0.464. The van der Waals surface area contributed by atoms with Gasteiger partial charge >= 0.3 is 0 Å². The average molecular weight is 445 g/mol. The fraction of sp³-hybridized carbons (Fsp3) is 0.652. The van der Waals surface area contributed by atoms with Crippen molar-refractivity contribution in [3.63, 3.8) is 0 Å². The van der Waals surface area contributed by atoms with Crippen LogP contribution in [0, 0.1) is 12.8 Å². The Hall–Kier alpha value is -1.74. The lowest BCUT2D eigenvalue weighted by molar-refractivity contribution is 0.0906. The zero-order valence-corrected chi connectivity index (χ0v) is 19.7. The Balaban J connectivity index is 1.55. The van der Waals surface area contributed by atoms with Gasteiger partial charge in [0.1, 0.15) is 11.3 Å². The number of aryl methyl sites for hydroxylation is 2. The lowest BCUT2D eigenvalue weighted by atomic mass is 9.96. The maximum absolute atomic E-state index is 6.35. The van der Waals surface area contributed by atoms with E-state index in [1.807, 2.05) is 11.3 Å². The smallest absolute Gasteiger partial charge is 0.152 e. The molecule has 1 aliphatic heterocycles. The van der Waals surface area contributed by atoms with Crippen LogP contribution in [0.15, 0.2) is 6.07 Å². The first kappa shape index (κ1) is 22.5. The highest BCUT2D eigenvalue weighted by Crippen LogP contribution is 2.35. The minimum absolute atomic E-state index is 0.559. The highest BCUT2D eigenvalue weighted by atomic mass is 32.1. The molecule has 0 aliphatic carbocycles. The molecule has 31 heavy (non-hydrogen) atoms. The molecule has 0 spiro atoms. The van der Waals surface area contributed by atoms with Crippen molar-refractivity contribution in [2.24, 2.45) is 11.7 Å². The van der Waals surface area contributed by atoms with Crippen molar-refractivity contribution in [1.82, 2.24) is 19.4 Å². The van der Waals surface area contributed by atoms with E-state index in [-0.39, 0.29) is 0 Å². The fourth-order valence-corrected chi connectivity index (χ4v) is 5.60. The second-order valence-electron chi connectivity index (χ2n) is 8.69. The fourth-order valence-electron chi connectivity index (χ4n) is 4.60. The van der Waals surface area contributed by atoms with Gasteiger partial charge in [0.15, 0.2) is 5.82 Å². The van der Waals surface area contributed by atoms with Gasteiger partial charge < -0.3 is 25.7 Å². The van der Waals surface area contributed by atoms with Gasteiger partial charge in [-0.3, -0.25) is 0 Å². The van der Waals surface area contributed by atoms with Crippen molar-refractivity contribution in [2.75, 3.05) is 45.1 Å². The third-order valence-electron chi connectivity index (χ3n) is 6.30. The number of nitrogens with two attached hydrogens (primary N) is 2. The molecule has 3 aromatic rings. The van der Waals surface area contributed by atoms with Crippen LogP contribution in [0.3, 0.4) is 0 Å². The molecule has 4 N–H and O–H groups in total. The SMILES string of the molecule is CCCCc1nc2c(N)nc3cc(C)sc3c2n1CC1CCN(CCOCCN)CC1. The predicted octanol–water partition coefficient (Wildman–Crippen LogP) is 3.57. The van der Waals surface area contributed by atoms with Gasteiger partial charge in [-0.05, 0) is 51.3 Å². The molecule has 0 saturated carbocycles. The van der Waals surface area contributed by atoms with E-state index in [0.717, 1.165) is 63.1 Å². The number of rotatable bonds is 10. The van der Waals surface area contributed by atoms with Gasteiger partial charge in [0, 0.05) is 30.9 Å². The number of thiophene rings is 1. The van der Waals surface area contributed by atoms with Crippen molar-refractivity contribution >= 4 is 38.4 Å². The molecule has 1 aliphatic rings. The highest BCUT2D eigenvalue weighted by molar-refractivity contribution is 7.19. The largest absolute Gasteiger partial charge is 0.382 e. The predicted molar refractivity (Wildman–Crippen MR) is 130 cm³/mol. The van der Waals surface area contributed by atoms with Gasteiger partial charge in [-0.1, -0.05) is 13.3 Å². The molecule has 0 amide bonds. The number of nitrogen functional groups attached to an aromatic ring is 1. The monoisotopic (exact) mass is 444 g/mol. The first-order chi connectivity index (χ1) is 15.1. The number of likely N-dealkylation sites (tertiary alicyclic amines) is 1. The summed E-state index contributed by atoms with van der Waals surface area (Å²) in [5.41, 5.74) is 14.9. The van der Waals surface area contributed by atoms with Crippen molar-refractivity contribution in [1.29, 1.82) is 0 Å². The van der Waals surface area contributed by atoms with Crippen LogP contribution in [0.1, 0.15) is 43.3 Å². The summed E-state index contributed by atoms with van der Waals surface area (Å²) in [7, 11) is 0. The Bertz CT molecular complexity index is 1000. The van der Waals surface area contributed by atoms with Crippen LogP contribution in [0.5, 0.6) is 0 Å². The standard InChI is InChI=1S/C23H36N6OS/c1-3-4-5-19-27-20-21(22-18(26-23(20)25)14-16(2)31-22)29(19)15-17-6-9-28(10-7-17)11-13-30-12-8-24/h14,17H,3-13,15,24H2,1-2H3,(H2,25,26). The number of piperidine rings is 1. The minimum Gasteiger partial charge on any atom is -0.382 e. The van der Waals surface area contributed by atoms with E-state index in [1.54, 1.807) is 0 Å². The van der Waals surface area contributed by atoms with Gasteiger partial charge in [-0.25, -0.2) is 9.97 Å². The maximum atomic E-state index is 6.35. The summed E-state index contributed by atoms with van der Waals surface area (Å²) >= 11 is 1.81. The van der Waals surface area contributed by atoms with E-state index >= 15 is 0 Å². The Kier molecular flexibility index (Phi) is 7.43. The van der Waals surface area contributed by atoms with Gasteiger partial charge in [0.05, 0.1) is 28.9 Å². The maximum Gasteiger partial charge on any atom is 0.152 e. The molecule has 0 bridgehead atoms. The number of pyridine rings is 1. The highest BCUT2D eigenvalue weighted by Gasteiger charge is 2.24. The Morgan fingerprint density at radius 2 is 2.03 bits per heavy atom. The zero-order chi connectivity index (χ0) is 21.8. The lowest BCUT2D eigenvalue weighted by Crippen LogP contribution is -2.37. The van der Waals surface area contributed by atoms with Crippen LogP contribution >= 0.6 is 11.3 Å². The van der Waals surface area contributed by atoms with E-state index in [1.165, 1.54) is 33.8 Å². The first-order valence-electron chi connectivity index (χ1n) is 11.7. The lowest BCUT2D eigenvalue weighted by Gasteiger charge is -2.32. The van der Waals surface area contributed by atoms with Gasteiger partial charge in [0.25, 0.3) is 0 Å². The normalized spacial score (nSPS) is 16.1. The summed E-state index contributed by atoms with van der Waals surface area (Å²) in [5.74, 6) is 2.38. The van der Waals surface area contributed by atoms with Crippen LogP contribution in [-0.2, 0) is 17.7 Å². The molecule has 8 heteroatoms. The molecule has 4 heterocycles. The van der Waals surface area contributed by atoms with E-state index in [9.17, 15) is 0 Å². The Labute approximate surface area is 188 Å². The number of hydrogen-bond acceptors (Lipinski definition) is 7. The number of ether oxygens (including phenoxy) is 1. The first-order valence-corrected chi connectivity index (χ1v) is 12.5. The number of anilines is 1. The van der Waals surface area contributed by atoms with Crippen molar-refractivity contribution in [2.45, 2.75) is 52.5 Å². The molecule has 0 unspecified atom stereocenters. The van der Waals surface area contributed by atoms with Crippen LogP contribution in [0.25, 0.3) is 21.3 Å². The summed E-state index contributed by atoms with van der Waals surface area (Å²) < 4.78 is 9.26. The number of unbranched alkanes of at least 4 members (excludes halogenated alkanes) is 1. The van der Waals surface area contributed by atoms with Crippen molar-refractivity contribution in [3.8, 4) is 0 Å². The summed E-state index contributed by atoms with van der Waals surface area (Å²) in [5, 5.41) is 0. The summed E-state index contributed by atoms with van der Waals surface area (Å²) in [6.45, 7) is 10.7. The molecule has 0 atom stereocenters. The van der Waals surface area contributed by atoms with Crippen molar-refractivity contribution in [3.05, 3.63) is 16.8 Å². The number of fused-ring (bicyclic) bond motifs is 3. The molecule has 0 radical (unpaired) electrons. The Morgan fingerprint density at radius 3 is 2.77 bits per heavy atom. The second-order valence-corrected chi connectivity index (χ2v) is 9.95. The van der Waals surface area contributed by atoms with Crippen LogP contribution in [-0.4, -0.2) is 58.8 Å². The minimum atomic E-state index is 0.559. The summed E-state index contributed by atoms with van der Waals surface area (Å²) in [4.78, 5) is 13.4. The summed E-state index contributed by atoms with van der Waals surface area (Å²) in [6, 6.07) is 2.14. The van der Waals surface area contributed by atoms with Crippen LogP contribution < -0.4 is 11.5 Å². The third kappa shape index (κ3) is 5.03. The molecular weight excluding hydrogens is 408 g/mol. The number of nitrogens with zero attached hydrogens (tertiary/aromatic N) is 4. The number of hydrogen-bond donors (Lipinski definition) is 2. The molecule has 7 nitrogen and oxygen atoms in total. The molecule has 3 aromatic heterocycles. The van der Waals surface area contributed by atoms with Gasteiger partial charge in [-0.15, -0.1) is 11.3 Å². The van der Waals surface area contributed by atoms with Gasteiger partial charge in [-0.2, -0.15) is 0 Å². The third-order valence-corrected chi connectivity index (χ3v) is 7.34. The molecule has 1 saturated heterocycles. The zero-order valence-electron chi connectivity index (χ0n) is 18.9. The topological polar surface area (TPSA) is 95.2 Å². The van der Waals surface area contributed by atoms with E-state index in [2.05, 4.69) is 34.4 Å². The molecule has 4 rings (SSSR count). The summed E-state index contributed by atoms with van der Waals surface area (Å²) in [6.07, 6.45) is 5.71. The molecule has 0 aromatic carbocycles. The van der Waals surface area contributed by atoms with E-state index < -0.39 is 0 Å². The average Bonchev–Trinajstić information content (AvgIpc) is 3.31. The molecule has 170 valence electrons. The van der Waals surface area contributed by atoms with Crippen LogP contribution in [0.4, 0.5) is 5.82 Å². The second kappa shape index (κ2) is 10.3. The van der Waals surface area contributed by atoms with E-state index in [0.29, 0.717) is 24.9 Å². The molecule has 1 fully saturated rings. The molecular formula is C23H36N6OS. The van der Waals surface area contributed by atoms with Crippen molar-refractivity contribution < 1.29 is 4.74 Å².